The Morgan fingerprint density at radius 3 is 2.46 bits per heavy atom. The van der Waals surface area contributed by atoms with Gasteiger partial charge in [-0.25, -0.2) is 9.00 Å². The Morgan fingerprint density at radius 1 is 1.54 bits per heavy atom. The molecule has 0 aliphatic carbocycles. The third kappa shape index (κ3) is 3.31. The number of carbonyl (C=O) groups is 1. The van der Waals surface area contributed by atoms with Gasteiger partial charge in [0.2, 0.25) is 0 Å². The number of hydrogen-bond acceptors (Lipinski definition) is 3. The van der Waals surface area contributed by atoms with Gasteiger partial charge < -0.3 is 10.0 Å². The Morgan fingerprint density at radius 2 is 2.08 bits per heavy atom. The van der Waals surface area contributed by atoms with Crippen molar-refractivity contribution in [2.24, 2.45) is 0 Å². The van der Waals surface area contributed by atoms with E-state index < -0.39 is 17.2 Å². The van der Waals surface area contributed by atoms with Gasteiger partial charge in [-0.3, -0.25) is 4.18 Å². The van der Waals surface area contributed by atoms with Crippen molar-refractivity contribution in [1.82, 2.24) is 4.90 Å². The van der Waals surface area contributed by atoms with E-state index in [2.05, 4.69) is 0 Å². The van der Waals surface area contributed by atoms with Gasteiger partial charge in [0.1, 0.15) is 0 Å². The van der Waals surface area contributed by atoms with Gasteiger partial charge in [-0.1, -0.05) is 0 Å². The van der Waals surface area contributed by atoms with Crippen LogP contribution in [-0.2, 0) is 15.3 Å². The third-order valence-electron chi connectivity index (χ3n) is 1.98. The molecule has 0 radical (unpaired) electrons. The van der Waals surface area contributed by atoms with Crippen LogP contribution in [0, 0.1) is 0 Å². The number of amides is 1. The lowest BCUT2D eigenvalue weighted by atomic mass is 10.1. The van der Waals surface area contributed by atoms with Crippen LogP contribution in [0.25, 0.3) is 0 Å². The van der Waals surface area contributed by atoms with Crippen LogP contribution in [-0.4, -0.2) is 45.8 Å². The number of rotatable bonds is 2. The number of carboxylic acid groups (broad SMARTS) is 1. The van der Waals surface area contributed by atoms with E-state index in [9.17, 15) is 9.00 Å². The second-order valence-electron chi connectivity index (χ2n) is 2.97. The molecule has 1 saturated heterocycles. The van der Waals surface area contributed by atoms with Gasteiger partial charge in [0.15, 0.2) is 11.1 Å². The molecule has 5 nitrogen and oxygen atoms in total. The van der Waals surface area contributed by atoms with Crippen molar-refractivity contribution in [2.75, 3.05) is 19.3 Å². The molecule has 1 rings (SSSR count). The summed E-state index contributed by atoms with van der Waals surface area (Å²) in [5, 5.41) is 8.63. The van der Waals surface area contributed by atoms with Crippen LogP contribution in [0.1, 0.15) is 12.8 Å². The largest absolute Gasteiger partial charge is 0.465 e. The quantitative estimate of drug-likeness (QED) is 0.713. The van der Waals surface area contributed by atoms with E-state index >= 15 is 0 Å². The highest BCUT2D eigenvalue weighted by atomic mass is 32.2. The Kier molecular flexibility index (Phi) is 3.68. The first-order valence-corrected chi connectivity index (χ1v) is 5.56. The smallest absolute Gasteiger partial charge is 0.407 e. The van der Waals surface area contributed by atoms with Gasteiger partial charge in [-0.2, -0.15) is 0 Å². The zero-order valence-corrected chi connectivity index (χ0v) is 8.25. The van der Waals surface area contributed by atoms with Crippen LogP contribution < -0.4 is 0 Å². The molecule has 1 unspecified atom stereocenters. The van der Waals surface area contributed by atoms with Gasteiger partial charge >= 0.3 is 6.09 Å². The molecule has 76 valence electrons. The molecule has 13 heavy (non-hydrogen) atoms. The molecule has 0 saturated carbocycles. The normalized spacial score (nSPS) is 21.5. The SMILES string of the molecule is CS(=O)OC1CCN(C(=O)O)CC1. The molecule has 1 aliphatic rings. The Balaban J connectivity index is 2.30. The van der Waals surface area contributed by atoms with Crippen LogP contribution in [0.5, 0.6) is 0 Å². The molecule has 1 amide bonds. The van der Waals surface area contributed by atoms with Gasteiger partial charge in [0.05, 0.1) is 6.10 Å². The van der Waals surface area contributed by atoms with Crippen molar-refractivity contribution >= 4 is 17.2 Å². The average molecular weight is 207 g/mol. The summed E-state index contributed by atoms with van der Waals surface area (Å²) in [6.07, 6.45) is 1.79. The fourth-order valence-electron chi connectivity index (χ4n) is 1.33. The maximum atomic E-state index is 10.7. The van der Waals surface area contributed by atoms with E-state index in [1.165, 1.54) is 11.2 Å². The molecule has 0 aromatic heterocycles. The van der Waals surface area contributed by atoms with Crippen molar-refractivity contribution in [1.29, 1.82) is 0 Å². The highest BCUT2D eigenvalue weighted by Gasteiger charge is 2.23. The topological polar surface area (TPSA) is 66.8 Å². The summed E-state index contributed by atoms with van der Waals surface area (Å²) in [6, 6.07) is 0. The molecule has 1 aliphatic heterocycles. The minimum Gasteiger partial charge on any atom is -0.465 e. The van der Waals surface area contributed by atoms with Crippen molar-refractivity contribution in [3.63, 3.8) is 0 Å². The predicted octanol–water partition coefficient (Wildman–Crippen LogP) is 0.439. The molecule has 1 N–H and O–H groups in total. The van der Waals surface area contributed by atoms with Crippen LogP contribution in [0.4, 0.5) is 4.79 Å². The average Bonchev–Trinajstić information content (AvgIpc) is 2.04. The number of likely N-dealkylation sites (tertiary alicyclic amines) is 1. The van der Waals surface area contributed by atoms with Crippen LogP contribution in [0.3, 0.4) is 0 Å². The van der Waals surface area contributed by atoms with Crippen molar-refractivity contribution in [2.45, 2.75) is 18.9 Å². The molecule has 1 heterocycles. The van der Waals surface area contributed by atoms with E-state index in [4.69, 9.17) is 9.29 Å². The van der Waals surface area contributed by atoms with E-state index in [0.29, 0.717) is 25.9 Å². The zero-order valence-electron chi connectivity index (χ0n) is 7.43. The third-order valence-corrected chi connectivity index (χ3v) is 2.53. The van der Waals surface area contributed by atoms with Gasteiger partial charge in [0.25, 0.3) is 0 Å². The first kappa shape index (κ1) is 10.5. The van der Waals surface area contributed by atoms with Gasteiger partial charge in [-0.05, 0) is 12.8 Å². The highest BCUT2D eigenvalue weighted by molar-refractivity contribution is 7.79. The molecule has 0 bridgehead atoms. The fourth-order valence-corrected chi connectivity index (χ4v) is 1.91. The van der Waals surface area contributed by atoms with E-state index in [1.807, 2.05) is 0 Å². The minimum absolute atomic E-state index is 0.0542. The molecule has 1 atom stereocenters. The lowest BCUT2D eigenvalue weighted by Crippen LogP contribution is -2.40. The maximum absolute atomic E-state index is 10.7. The van der Waals surface area contributed by atoms with Crippen molar-refractivity contribution < 1.29 is 18.3 Å². The van der Waals surface area contributed by atoms with Crippen LogP contribution in [0.2, 0.25) is 0 Å². The maximum Gasteiger partial charge on any atom is 0.407 e. The van der Waals surface area contributed by atoms with Crippen molar-refractivity contribution in [3.05, 3.63) is 0 Å². The van der Waals surface area contributed by atoms with Crippen LogP contribution in [0.15, 0.2) is 0 Å². The molecule has 0 aromatic rings. The van der Waals surface area contributed by atoms with Gasteiger partial charge in [0, 0.05) is 19.3 Å². The molecule has 6 heteroatoms. The Labute approximate surface area is 79.3 Å². The first-order chi connectivity index (χ1) is 6.09. The number of piperidine rings is 1. The summed E-state index contributed by atoms with van der Waals surface area (Å²) in [6.45, 7) is 0.939. The van der Waals surface area contributed by atoms with Crippen molar-refractivity contribution in [3.8, 4) is 0 Å². The Bertz CT molecular complexity index is 213. The van der Waals surface area contributed by atoms with Crippen LogP contribution >= 0.6 is 0 Å². The second-order valence-corrected chi connectivity index (χ2v) is 3.96. The van der Waals surface area contributed by atoms with Gasteiger partial charge in [-0.15, -0.1) is 0 Å². The molecule has 0 aromatic carbocycles. The molecule has 0 spiro atoms. The standard InChI is InChI=1S/C7H13NO4S/c1-13(11)12-6-2-4-8(5-3-6)7(9)10/h6H,2-5H2,1H3,(H,9,10). The summed E-state index contributed by atoms with van der Waals surface area (Å²) < 4.78 is 15.8. The highest BCUT2D eigenvalue weighted by Crippen LogP contribution is 2.14. The fraction of sp³-hybridized carbons (Fsp3) is 0.857. The lowest BCUT2D eigenvalue weighted by Gasteiger charge is -2.28. The van der Waals surface area contributed by atoms with E-state index in [1.54, 1.807) is 0 Å². The zero-order chi connectivity index (χ0) is 9.84. The summed E-state index contributed by atoms with van der Waals surface area (Å²) in [7, 11) is 0. The summed E-state index contributed by atoms with van der Waals surface area (Å²) >= 11 is -1.25. The Hall–Kier alpha value is -0.620. The lowest BCUT2D eigenvalue weighted by molar-refractivity contribution is 0.0967. The predicted molar refractivity (Wildman–Crippen MR) is 47.8 cm³/mol. The monoisotopic (exact) mass is 207 g/mol. The second kappa shape index (κ2) is 4.57. The molecular formula is C7H13NO4S. The van der Waals surface area contributed by atoms with E-state index in [-0.39, 0.29) is 6.10 Å². The summed E-state index contributed by atoms with van der Waals surface area (Å²) in [4.78, 5) is 11.9. The first-order valence-electron chi connectivity index (χ1n) is 4.08. The molecule has 1 fully saturated rings. The molecular weight excluding hydrogens is 194 g/mol. The van der Waals surface area contributed by atoms with E-state index in [0.717, 1.165) is 0 Å². The summed E-state index contributed by atoms with van der Waals surface area (Å²) in [5.41, 5.74) is 0. The number of hydrogen-bond donors (Lipinski definition) is 1. The minimum atomic E-state index is -1.25. The summed E-state index contributed by atoms with van der Waals surface area (Å²) in [5.74, 6) is 0. The number of nitrogens with zero attached hydrogens (tertiary/aromatic N) is 1.